The van der Waals surface area contributed by atoms with Crippen molar-refractivity contribution in [2.75, 3.05) is 27.3 Å². The Labute approximate surface area is 158 Å². The maximum atomic E-state index is 13.0. The van der Waals surface area contributed by atoms with Gasteiger partial charge in [0.2, 0.25) is 0 Å². The fraction of sp³-hybridized carbons (Fsp3) is 0.300. The number of carbonyl (C=O) groups is 2. The van der Waals surface area contributed by atoms with Gasteiger partial charge in [0.05, 0.1) is 14.2 Å². The summed E-state index contributed by atoms with van der Waals surface area (Å²) in [6, 6.07) is 12.3. The summed E-state index contributed by atoms with van der Waals surface area (Å²) >= 11 is 1.03. The molecule has 26 heavy (non-hydrogen) atoms. The zero-order valence-corrected chi connectivity index (χ0v) is 16.3. The highest BCUT2D eigenvalue weighted by Gasteiger charge is 2.22. The SMILES string of the molecule is CCN(CC)C(=O)Sc1cc(OC)c(OC)cc1C(=O)c1ccccc1. The summed E-state index contributed by atoms with van der Waals surface area (Å²) in [7, 11) is 3.04. The second kappa shape index (κ2) is 9.29. The molecule has 0 saturated carbocycles. The Morgan fingerprint density at radius 3 is 2.08 bits per heavy atom. The molecule has 2 aromatic rings. The van der Waals surface area contributed by atoms with Crippen LogP contribution in [0.15, 0.2) is 47.4 Å². The van der Waals surface area contributed by atoms with Gasteiger partial charge >= 0.3 is 0 Å². The lowest BCUT2D eigenvalue weighted by Gasteiger charge is -2.19. The highest BCUT2D eigenvalue weighted by molar-refractivity contribution is 8.13. The number of ether oxygens (including phenoxy) is 2. The molecular formula is C20H23NO4S. The summed E-state index contributed by atoms with van der Waals surface area (Å²) in [5.41, 5.74) is 0.969. The van der Waals surface area contributed by atoms with E-state index in [0.29, 0.717) is 40.6 Å². The molecule has 0 atom stereocenters. The standard InChI is InChI=1S/C20H23NO4S/c1-5-21(6-2)20(23)26-18-13-17(25-4)16(24-3)12-15(18)19(22)14-10-8-7-9-11-14/h7-13H,5-6H2,1-4H3. The van der Waals surface area contributed by atoms with Crippen LogP contribution in [0.1, 0.15) is 29.8 Å². The molecule has 0 radical (unpaired) electrons. The first kappa shape index (κ1) is 19.8. The molecule has 0 aliphatic rings. The zero-order valence-electron chi connectivity index (χ0n) is 15.4. The van der Waals surface area contributed by atoms with Crippen LogP contribution < -0.4 is 9.47 Å². The molecule has 0 N–H and O–H groups in total. The van der Waals surface area contributed by atoms with E-state index in [9.17, 15) is 9.59 Å². The Hall–Kier alpha value is -2.47. The van der Waals surface area contributed by atoms with Crippen LogP contribution in [-0.2, 0) is 0 Å². The van der Waals surface area contributed by atoms with Crippen molar-refractivity contribution in [2.24, 2.45) is 0 Å². The third-order valence-electron chi connectivity index (χ3n) is 3.99. The van der Waals surface area contributed by atoms with Crippen molar-refractivity contribution in [2.45, 2.75) is 18.7 Å². The number of methoxy groups -OCH3 is 2. The van der Waals surface area contributed by atoms with E-state index in [-0.39, 0.29) is 11.0 Å². The smallest absolute Gasteiger partial charge is 0.286 e. The van der Waals surface area contributed by atoms with Gasteiger partial charge in [0.25, 0.3) is 5.24 Å². The lowest BCUT2D eigenvalue weighted by molar-refractivity contribution is 0.103. The molecule has 0 bridgehead atoms. The zero-order chi connectivity index (χ0) is 19.1. The Morgan fingerprint density at radius 2 is 1.54 bits per heavy atom. The molecule has 0 fully saturated rings. The Kier molecular flexibility index (Phi) is 7.09. The minimum absolute atomic E-state index is 0.107. The van der Waals surface area contributed by atoms with Crippen molar-refractivity contribution >= 4 is 22.8 Å². The number of carbonyl (C=O) groups excluding carboxylic acids is 2. The maximum Gasteiger partial charge on any atom is 0.286 e. The van der Waals surface area contributed by atoms with Crippen molar-refractivity contribution in [3.8, 4) is 11.5 Å². The molecule has 2 aromatic carbocycles. The number of benzene rings is 2. The number of rotatable bonds is 7. The predicted molar refractivity (Wildman–Crippen MR) is 104 cm³/mol. The van der Waals surface area contributed by atoms with Gasteiger partial charge in [-0.25, -0.2) is 0 Å². The molecule has 0 saturated heterocycles. The van der Waals surface area contributed by atoms with Crippen LogP contribution >= 0.6 is 11.8 Å². The van der Waals surface area contributed by atoms with Gasteiger partial charge in [0, 0.05) is 29.1 Å². The fourth-order valence-corrected chi connectivity index (χ4v) is 3.51. The van der Waals surface area contributed by atoms with Crippen LogP contribution in [0, 0.1) is 0 Å². The first-order valence-corrected chi connectivity index (χ1v) is 9.19. The number of ketones is 1. The van der Waals surface area contributed by atoms with Gasteiger partial charge in [-0.05, 0) is 37.7 Å². The summed E-state index contributed by atoms with van der Waals surface area (Å²) in [4.78, 5) is 27.8. The van der Waals surface area contributed by atoms with E-state index in [2.05, 4.69) is 0 Å². The van der Waals surface area contributed by atoms with Gasteiger partial charge < -0.3 is 14.4 Å². The van der Waals surface area contributed by atoms with Gasteiger partial charge in [0.15, 0.2) is 17.3 Å². The Balaban J connectivity index is 2.50. The topological polar surface area (TPSA) is 55.8 Å². The average Bonchev–Trinajstić information content (AvgIpc) is 2.68. The molecule has 5 nitrogen and oxygen atoms in total. The van der Waals surface area contributed by atoms with Crippen molar-refractivity contribution in [1.82, 2.24) is 4.90 Å². The number of hydrogen-bond donors (Lipinski definition) is 0. The fourth-order valence-electron chi connectivity index (χ4n) is 2.51. The second-order valence-electron chi connectivity index (χ2n) is 5.44. The van der Waals surface area contributed by atoms with E-state index < -0.39 is 0 Å². The van der Waals surface area contributed by atoms with E-state index in [1.165, 1.54) is 14.2 Å². The first-order valence-electron chi connectivity index (χ1n) is 8.38. The van der Waals surface area contributed by atoms with Gasteiger partial charge in [-0.3, -0.25) is 9.59 Å². The molecule has 138 valence electrons. The average molecular weight is 373 g/mol. The Morgan fingerprint density at radius 1 is 0.962 bits per heavy atom. The highest BCUT2D eigenvalue weighted by Crippen LogP contribution is 2.37. The predicted octanol–water partition coefficient (Wildman–Crippen LogP) is 4.49. The van der Waals surface area contributed by atoms with Crippen LogP contribution in [0.4, 0.5) is 4.79 Å². The van der Waals surface area contributed by atoms with Crippen LogP contribution in [0.2, 0.25) is 0 Å². The molecule has 0 unspecified atom stereocenters. The van der Waals surface area contributed by atoms with Crippen LogP contribution in [-0.4, -0.2) is 43.2 Å². The second-order valence-corrected chi connectivity index (χ2v) is 6.43. The van der Waals surface area contributed by atoms with E-state index in [4.69, 9.17) is 9.47 Å². The summed E-state index contributed by atoms with van der Waals surface area (Å²) < 4.78 is 10.7. The van der Waals surface area contributed by atoms with E-state index in [1.54, 1.807) is 29.2 Å². The molecule has 0 aliphatic heterocycles. The minimum Gasteiger partial charge on any atom is -0.493 e. The molecule has 0 aromatic heterocycles. The van der Waals surface area contributed by atoms with Gasteiger partial charge in [-0.2, -0.15) is 0 Å². The van der Waals surface area contributed by atoms with Crippen LogP contribution in [0.25, 0.3) is 0 Å². The minimum atomic E-state index is -0.165. The monoisotopic (exact) mass is 373 g/mol. The lowest BCUT2D eigenvalue weighted by atomic mass is 10.0. The van der Waals surface area contributed by atoms with Gasteiger partial charge in [-0.1, -0.05) is 30.3 Å². The van der Waals surface area contributed by atoms with Crippen LogP contribution in [0.3, 0.4) is 0 Å². The van der Waals surface area contributed by atoms with Crippen molar-refractivity contribution in [3.63, 3.8) is 0 Å². The van der Waals surface area contributed by atoms with Crippen molar-refractivity contribution in [1.29, 1.82) is 0 Å². The molecule has 0 spiro atoms. The Bertz CT molecular complexity index is 773. The van der Waals surface area contributed by atoms with Crippen LogP contribution in [0.5, 0.6) is 11.5 Å². The highest BCUT2D eigenvalue weighted by atomic mass is 32.2. The molecule has 0 heterocycles. The normalized spacial score (nSPS) is 10.3. The van der Waals surface area contributed by atoms with Crippen molar-refractivity contribution in [3.05, 3.63) is 53.6 Å². The molecule has 1 amide bonds. The van der Waals surface area contributed by atoms with E-state index >= 15 is 0 Å². The summed E-state index contributed by atoms with van der Waals surface area (Å²) in [6.45, 7) is 5.06. The molecule has 6 heteroatoms. The summed E-state index contributed by atoms with van der Waals surface area (Å²) in [5.74, 6) is 0.764. The number of nitrogens with zero attached hydrogens (tertiary/aromatic N) is 1. The van der Waals surface area contributed by atoms with Gasteiger partial charge in [0.1, 0.15) is 0 Å². The lowest BCUT2D eigenvalue weighted by Crippen LogP contribution is -2.26. The molecule has 2 rings (SSSR count). The number of hydrogen-bond acceptors (Lipinski definition) is 5. The van der Waals surface area contributed by atoms with E-state index in [0.717, 1.165) is 11.8 Å². The molecular weight excluding hydrogens is 350 g/mol. The maximum absolute atomic E-state index is 13.0. The largest absolute Gasteiger partial charge is 0.493 e. The summed E-state index contributed by atoms with van der Waals surface area (Å²) in [6.07, 6.45) is 0. The number of thioether (sulfide) groups is 1. The third-order valence-corrected chi connectivity index (χ3v) is 4.98. The molecule has 0 aliphatic carbocycles. The quantitative estimate of drug-likeness (QED) is 0.529. The first-order chi connectivity index (χ1) is 12.5. The van der Waals surface area contributed by atoms with E-state index in [1.807, 2.05) is 32.0 Å². The third kappa shape index (κ3) is 4.38. The van der Waals surface area contributed by atoms with Crippen molar-refractivity contribution < 1.29 is 19.1 Å². The summed E-state index contributed by atoms with van der Waals surface area (Å²) in [5, 5.41) is -0.107. The van der Waals surface area contributed by atoms with Gasteiger partial charge in [-0.15, -0.1) is 0 Å². The number of amides is 1.